The van der Waals surface area contributed by atoms with E-state index in [0.717, 1.165) is 16.7 Å². The summed E-state index contributed by atoms with van der Waals surface area (Å²) in [5, 5.41) is 10.7. The molecule has 2 aromatic carbocycles. The van der Waals surface area contributed by atoms with Crippen LogP contribution in [0.3, 0.4) is 0 Å². The summed E-state index contributed by atoms with van der Waals surface area (Å²) in [6.45, 7) is 6.56. The van der Waals surface area contributed by atoms with E-state index in [1.807, 2.05) is 24.3 Å². The fourth-order valence-electron chi connectivity index (χ4n) is 4.07. The third-order valence-electron chi connectivity index (χ3n) is 5.94. The molecule has 1 N–H and O–H groups in total. The minimum Gasteiger partial charge on any atom is -0.503 e. The van der Waals surface area contributed by atoms with Crippen molar-refractivity contribution in [3.8, 4) is 0 Å². The van der Waals surface area contributed by atoms with Gasteiger partial charge in [0.2, 0.25) is 5.78 Å². The zero-order chi connectivity index (χ0) is 23.8. The van der Waals surface area contributed by atoms with Gasteiger partial charge in [-0.25, -0.2) is 4.39 Å². The van der Waals surface area contributed by atoms with Gasteiger partial charge in [0, 0.05) is 6.54 Å². The van der Waals surface area contributed by atoms with Crippen LogP contribution in [0.15, 0.2) is 82.7 Å². The van der Waals surface area contributed by atoms with Crippen molar-refractivity contribution < 1.29 is 23.5 Å². The second-order valence-corrected chi connectivity index (χ2v) is 9.22. The van der Waals surface area contributed by atoms with Crippen LogP contribution in [0.1, 0.15) is 54.1 Å². The number of carbonyl (C=O) groups excluding carboxylic acids is 2. The number of nitrogens with zero attached hydrogens (tertiary/aromatic N) is 1. The maximum atomic E-state index is 13.3. The molecule has 1 aliphatic rings. The molecule has 5 nitrogen and oxygen atoms in total. The number of amides is 1. The van der Waals surface area contributed by atoms with E-state index in [4.69, 9.17) is 4.42 Å². The van der Waals surface area contributed by atoms with Crippen LogP contribution in [0.25, 0.3) is 0 Å². The molecular weight excluding hydrogens is 421 g/mol. The second kappa shape index (κ2) is 8.70. The summed E-state index contributed by atoms with van der Waals surface area (Å²) in [6.07, 6.45) is 1.82. The maximum absolute atomic E-state index is 13.3. The van der Waals surface area contributed by atoms with E-state index in [1.54, 1.807) is 18.2 Å². The minimum atomic E-state index is -0.760. The van der Waals surface area contributed by atoms with Crippen molar-refractivity contribution in [3.63, 3.8) is 0 Å². The van der Waals surface area contributed by atoms with Crippen LogP contribution in [-0.2, 0) is 16.6 Å². The first-order valence-corrected chi connectivity index (χ1v) is 10.8. The smallest absolute Gasteiger partial charge is 0.290 e. The van der Waals surface area contributed by atoms with Crippen LogP contribution in [0, 0.1) is 5.82 Å². The zero-order valence-corrected chi connectivity index (χ0v) is 18.8. The molecule has 0 saturated heterocycles. The van der Waals surface area contributed by atoms with E-state index in [0.29, 0.717) is 6.42 Å². The summed E-state index contributed by atoms with van der Waals surface area (Å²) in [7, 11) is 0. The Morgan fingerprint density at radius 3 is 2.30 bits per heavy atom. The highest BCUT2D eigenvalue weighted by molar-refractivity contribution is 6.15. The van der Waals surface area contributed by atoms with Gasteiger partial charge in [-0.15, -0.1) is 0 Å². The van der Waals surface area contributed by atoms with Crippen LogP contribution in [0.5, 0.6) is 0 Å². The molecule has 3 aromatic rings. The molecule has 4 rings (SSSR count). The number of furan rings is 1. The zero-order valence-electron chi connectivity index (χ0n) is 18.8. The second-order valence-electron chi connectivity index (χ2n) is 9.22. The Morgan fingerprint density at radius 1 is 1.06 bits per heavy atom. The predicted molar refractivity (Wildman–Crippen MR) is 122 cm³/mol. The van der Waals surface area contributed by atoms with Crippen molar-refractivity contribution >= 4 is 11.7 Å². The molecule has 1 amide bonds. The van der Waals surface area contributed by atoms with Crippen molar-refractivity contribution in [1.29, 1.82) is 0 Å². The van der Waals surface area contributed by atoms with Gasteiger partial charge in [0.15, 0.2) is 11.5 Å². The quantitative estimate of drug-likeness (QED) is 0.504. The first-order chi connectivity index (χ1) is 15.7. The molecule has 0 spiro atoms. The summed E-state index contributed by atoms with van der Waals surface area (Å²) in [5.41, 5.74) is 2.61. The van der Waals surface area contributed by atoms with Crippen molar-refractivity contribution in [2.24, 2.45) is 0 Å². The number of ketones is 1. The molecule has 1 aromatic heterocycles. The Kier molecular flexibility index (Phi) is 5.93. The van der Waals surface area contributed by atoms with Gasteiger partial charge in [-0.05, 0) is 52.8 Å². The first kappa shape index (κ1) is 22.5. The molecule has 0 fully saturated rings. The maximum Gasteiger partial charge on any atom is 0.290 e. The van der Waals surface area contributed by atoms with Crippen LogP contribution in [0.2, 0.25) is 0 Å². The molecule has 33 heavy (non-hydrogen) atoms. The molecule has 6 heteroatoms. The summed E-state index contributed by atoms with van der Waals surface area (Å²) in [6, 6.07) is 16.1. The van der Waals surface area contributed by atoms with Gasteiger partial charge in [-0.3, -0.25) is 9.59 Å². The molecular formula is C27H26FNO4. The number of carbonyl (C=O) groups is 2. The topological polar surface area (TPSA) is 70.7 Å². The van der Waals surface area contributed by atoms with Crippen molar-refractivity contribution in [3.05, 3.63) is 107 Å². The number of halogens is 1. The fraction of sp³-hybridized carbons (Fsp3) is 0.259. The molecule has 2 heterocycles. The standard InChI is InChI=1S/C27H26FNO4/c1-27(2,3)19-10-8-18(9-11-19)23-22(24(30)21-5-4-16-33-21)25(31)26(32)29(23)15-14-17-6-12-20(28)13-7-17/h4-13,16,23,31H,14-15H2,1-3H3. The number of hydrogen-bond donors (Lipinski definition) is 1. The summed E-state index contributed by atoms with van der Waals surface area (Å²) in [4.78, 5) is 27.7. The molecule has 0 bridgehead atoms. The van der Waals surface area contributed by atoms with Gasteiger partial charge in [0.25, 0.3) is 5.91 Å². The van der Waals surface area contributed by atoms with Crippen LogP contribution in [-0.4, -0.2) is 28.2 Å². The Hall–Kier alpha value is -3.67. The third kappa shape index (κ3) is 4.46. The molecule has 1 aliphatic heterocycles. The monoisotopic (exact) mass is 447 g/mol. The highest BCUT2D eigenvalue weighted by atomic mass is 19.1. The Balaban J connectivity index is 1.71. The third-order valence-corrected chi connectivity index (χ3v) is 5.94. The van der Waals surface area contributed by atoms with E-state index in [-0.39, 0.29) is 29.1 Å². The van der Waals surface area contributed by atoms with Gasteiger partial charge < -0.3 is 14.4 Å². The van der Waals surface area contributed by atoms with Crippen molar-refractivity contribution in [2.75, 3.05) is 6.54 Å². The minimum absolute atomic E-state index is 0.00225. The van der Waals surface area contributed by atoms with E-state index in [1.165, 1.54) is 29.4 Å². The fourth-order valence-corrected chi connectivity index (χ4v) is 4.07. The molecule has 170 valence electrons. The Morgan fingerprint density at radius 2 is 1.73 bits per heavy atom. The largest absolute Gasteiger partial charge is 0.503 e. The SMILES string of the molecule is CC(C)(C)c1ccc(C2C(C(=O)c3ccco3)=C(O)C(=O)N2CCc2ccc(F)cc2)cc1. The lowest BCUT2D eigenvalue weighted by Crippen LogP contribution is -2.33. The van der Waals surface area contributed by atoms with E-state index < -0.39 is 23.5 Å². The summed E-state index contributed by atoms with van der Waals surface area (Å²) >= 11 is 0. The lowest BCUT2D eigenvalue weighted by molar-refractivity contribution is -0.129. The number of aliphatic hydroxyl groups excluding tert-OH is 1. The molecule has 0 aliphatic carbocycles. The number of hydrogen-bond acceptors (Lipinski definition) is 4. The van der Waals surface area contributed by atoms with Gasteiger partial charge >= 0.3 is 0 Å². The average molecular weight is 448 g/mol. The van der Waals surface area contributed by atoms with Gasteiger partial charge in [0.05, 0.1) is 17.9 Å². The lowest BCUT2D eigenvalue weighted by Gasteiger charge is -2.27. The van der Waals surface area contributed by atoms with E-state index in [2.05, 4.69) is 20.8 Å². The molecule has 0 radical (unpaired) electrons. The van der Waals surface area contributed by atoms with Crippen molar-refractivity contribution in [1.82, 2.24) is 4.90 Å². The van der Waals surface area contributed by atoms with Crippen molar-refractivity contribution in [2.45, 2.75) is 38.6 Å². The van der Waals surface area contributed by atoms with Gasteiger partial charge in [-0.2, -0.15) is 0 Å². The van der Waals surface area contributed by atoms with Gasteiger partial charge in [0.1, 0.15) is 5.82 Å². The number of rotatable bonds is 6. The van der Waals surface area contributed by atoms with Crippen LogP contribution >= 0.6 is 0 Å². The first-order valence-electron chi connectivity index (χ1n) is 10.8. The number of Topliss-reactive ketones (excluding diaryl/α,β-unsaturated/α-hetero) is 1. The summed E-state index contributed by atoms with van der Waals surface area (Å²) < 4.78 is 18.5. The summed E-state index contributed by atoms with van der Waals surface area (Å²) in [5.74, 6) is -1.99. The van der Waals surface area contributed by atoms with E-state index in [9.17, 15) is 19.1 Å². The molecule has 1 atom stereocenters. The van der Waals surface area contributed by atoms with E-state index >= 15 is 0 Å². The molecule has 0 saturated carbocycles. The highest BCUT2D eigenvalue weighted by Gasteiger charge is 2.44. The van der Waals surface area contributed by atoms with Gasteiger partial charge in [-0.1, -0.05) is 57.2 Å². The number of benzene rings is 2. The molecule has 1 unspecified atom stereocenters. The lowest BCUT2D eigenvalue weighted by atomic mass is 9.85. The van der Waals surface area contributed by atoms with Crippen LogP contribution in [0.4, 0.5) is 4.39 Å². The predicted octanol–water partition coefficient (Wildman–Crippen LogP) is 5.54. The average Bonchev–Trinajstić information content (AvgIpc) is 3.40. The number of aliphatic hydroxyl groups is 1. The normalized spacial score (nSPS) is 16.5. The van der Waals surface area contributed by atoms with Crippen LogP contribution < -0.4 is 0 Å². The highest BCUT2D eigenvalue weighted by Crippen LogP contribution is 2.39. The Bertz CT molecular complexity index is 1190. The Labute approximate surface area is 192 Å².